The second-order valence-corrected chi connectivity index (χ2v) is 8.08. The zero-order chi connectivity index (χ0) is 21.1. The molecule has 170 valence electrons. The van der Waals surface area contributed by atoms with E-state index >= 15 is 0 Å². The Morgan fingerprint density at radius 3 is 2.55 bits per heavy atom. The summed E-state index contributed by atoms with van der Waals surface area (Å²) in [6.07, 6.45) is 5.02. The number of fused-ring (bicyclic) bond motifs is 1. The number of carbonyl (C=O) groups excluding carboxylic acids is 1. The molecule has 2 fully saturated rings. The first-order valence-corrected chi connectivity index (χ1v) is 10.7. The molecule has 1 aliphatic carbocycles. The van der Waals surface area contributed by atoms with Crippen LogP contribution in [0.2, 0.25) is 5.15 Å². The third-order valence-corrected chi connectivity index (χ3v) is 6.24. The lowest BCUT2D eigenvalue weighted by atomic mass is 9.92. The van der Waals surface area contributed by atoms with Crippen molar-refractivity contribution in [2.45, 2.75) is 45.3 Å². The first kappa shape index (κ1) is 23.3. The van der Waals surface area contributed by atoms with Gasteiger partial charge in [0, 0.05) is 37.6 Å². The van der Waals surface area contributed by atoms with Crippen LogP contribution in [0.4, 0.5) is 4.79 Å². The van der Waals surface area contributed by atoms with E-state index in [0.29, 0.717) is 48.5 Å². The Bertz CT molecular complexity index is 898. The average molecular weight is 451 g/mol. The Labute approximate surface area is 188 Å². The van der Waals surface area contributed by atoms with E-state index in [4.69, 9.17) is 25.8 Å². The van der Waals surface area contributed by atoms with Crippen LogP contribution < -0.4 is 9.47 Å². The smallest absolute Gasteiger partial charge is 0.320 e. The monoisotopic (exact) mass is 450 g/mol. The van der Waals surface area contributed by atoms with Crippen LogP contribution in [-0.2, 0) is 4.74 Å². The molecule has 2 amide bonds. The lowest BCUT2D eigenvalue weighted by molar-refractivity contribution is 0.0369. The average Bonchev–Trinajstić information content (AvgIpc) is 2.79. The van der Waals surface area contributed by atoms with Crippen LogP contribution in [0.1, 0.15) is 33.1 Å². The Balaban J connectivity index is 0.00000272. The number of urea groups is 1. The molecule has 1 aliphatic heterocycles. The van der Waals surface area contributed by atoms with Gasteiger partial charge in [0.15, 0.2) is 11.5 Å². The molecule has 1 aromatic heterocycles. The number of rotatable bonds is 4. The predicted molar refractivity (Wildman–Crippen MR) is 120 cm³/mol. The summed E-state index contributed by atoms with van der Waals surface area (Å²) in [5, 5.41) is 1.12. The van der Waals surface area contributed by atoms with Gasteiger partial charge in [0.2, 0.25) is 0 Å². The van der Waals surface area contributed by atoms with Gasteiger partial charge in [-0.25, -0.2) is 14.8 Å². The van der Waals surface area contributed by atoms with Crippen molar-refractivity contribution in [1.29, 1.82) is 0 Å². The molecule has 9 heteroatoms. The Hall–Kier alpha value is -2.32. The third-order valence-electron chi connectivity index (χ3n) is 5.94. The number of carbonyl (C=O) groups is 1. The molecule has 0 radical (unpaired) electrons. The number of halogens is 1. The van der Waals surface area contributed by atoms with Crippen LogP contribution in [0, 0.1) is 0 Å². The van der Waals surface area contributed by atoms with Gasteiger partial charge in [-0.15, -0.1) is 0 Å². The van der Waals surface area contributed by atoms with Crippen molar-refractivity contribution in [3.63, 3.8) is 0 Å². The van der Waals surface area contributed by atoms with Crippen molar-refractivity contribution in [2.24, 2.45) is 0 Å². The number of ether oxygens (including phenoxy) is 3. The molecule has 1 aromatic carbocycles. The number of aromatic nitrogens is 2. The van der Waals surface area contributed by atoms with Crippen LogP contribution >= 0.6 is 11.6 Å². The molecule has 1 saturated heterocycles. The maximum absolute atomic E-state index is 12.7. The van der Waals surface area contributed by atoms with Crippen LogP contribution in [0.3, 0.4) is 0 Å². The highest BCUT2D eigenvalue weighted by molar-refractivity contribution is 6.34. The van der Waals surface area contributed by atoms with Crippen molar-refractivity contribution in [3.8, 4) is 11.5 Å². The molecular formula is C22H31ClN4O4. The number of nitrogens with zero attached hydrogens (tertiary/aromatic N) is 4. The van der Waals surface area contributed by atoms with Crippen LogP contribution in [0.15, 0.2) is 18.5 Å². The van der Waals surface area contributed by atoms with Gasteiger partial charge in [0.1, 0.15) is 11.5 Å². The van der Waals surface area contributed by atoms with E-state index in [9.17, 15) is 4.79 Å². The minimum Gasteiger partial charge on any atom is -0.493 e. The van der Waals surface area contributed by atoms with E-state index in [1.54, 1.807) is 7.11 Å². The maximum Gasteiger partial charge on any atom is 0.320 e. The topological polar surface area (TPSA) is 77.0 Å². The zero-order valence-corrected chi connectivity index (χ0v) is 18.1. The van der Waals surface area contributed by atoms with E-state index in [0.717, 1.165) is 31.1 Å². The third kappa shape index (κ3) is 5.13. The van der Waals surface area contributed by atoms with Gasteiger partial charge < -0.3 is 24.0 Å². The minimum atomic E-state index is 0. The molecule has 0 spiro atoms. The molecule has 2 heterocycles. The van der Waals surface area contributed by atoms with Gasteiger partial charge in [-0.1, -0.05) is 19.0 Å². The van der Waals surface area contributed by atoms with Gasteiger partial charge in [0.05, 0.1) is 31.9 Å². The number of hydrogen-bond donors (Lipinski definition) is 0. The summed E-state index contributed by atoms with van der Waals surface area (Å²) >= 11 is 6.22. The van der Waals surface area contributed by atoms with Crippen molar-refractivity contribution in [3.05, 3.63) is 23.6 Å². The van der Waals surface area contributed by atoms with Gasteiger partial charge in [0.25, 0.3) is 0 Å². The highest BCUT2D eigenvalue weighted by atomic mass is 35.5. The molecule has 8 nitrogen and oxygen atoms in total. The van der Waals surface area contributed by atoms with Gasteiger partial charge in [-0.3, -0.25) is 0 Å². The normalized spacial score (nSPS) is 21.3. The molecule has 0 atom stereocenters. The second-order valence-electron chi connectivity index (χ2n) is 7.73. The highest BCUT2D eigenvalue weighted by Gasteiger charge is 2.30. The lowest BCUT2D eigenvalue weighted by Gasteiger charge is -2.38. The standard InChI is InChI=1S/C21H27ClN4O4.CH4/c1-25(21(27)26-7-9-29-10-8-26)14-3-5-15(6-4-14)30-19-11-16-17(12-18(19)28-2)23-13-24-20(16)22;/h11-15H,3-10H2,1-2H3;1H4. The Morgan fingerprint density at radius 2 is 1.87 bits per heavy atom. The summed E-state index contributed by atoms with van der Waals surface area (Å²) in [5.74, 6) is 1.27. The molecule has 0 N–H and O–H groups in total. The molecular weight excluding hydrogens is 420 g/mol. The van der Waals surface area contributed by atoms with Gasteiger partial charge in [-0.2, -0.15) is 0 Å². The minimum absolute atomic E-state index is 0. The molecule has 31 heavy (non-hydrogen) atoms. The van der Waals surface area contributed by atoms with E-state index in [1.807, 2.05) is 29.0 Å². The maximum atomic E-state index is 12.7. The SMILES string of the molecule is C.COc1cc2ncnc(Cl)c2cc1OC1CCC(N(C)C(=O)N2CCOCC2)CC1. The predicted octanol–water partition coefficient (Wildman–Crippen LogP) is 4.00. The van der Waals surface area contributed by atoms with Crippen molar-refractivity contribution in [1.82, 2.24) is 19.8 Å². The first-order chi connectivity index (χ1) is 14.6. The van der Waals surface area contributed by atoms with Gasteiger partial charge >= 0.3 is 6.03 Å². The van der Waals surface area contributed by atoms with E-state index in [-0.39, 0.29) is 25.6 Å². The molecule has 0 unspecified atom stereocenters. The van der Waals surface area contributed by atoms with Crippen molar-refractivity contribution < 1.29 is 19.0 Å². The molecule has 2 aliphatic rings. The van der Waals surface area contributed by atoms with E-state index in [2.05, 4.69) is 9.97 Å². The largest absolute Gasteiger partial charge is 0.493 e. The zero-order valence-electron chi connectivity index (χ0n) is 17.3. The quantitative estimate of drug-likeness (QED) is 0.655. The number of benzene rings is 1. The van der Waals surface area contributed by atoms with Crippen LogP contribution in [0.25, 0.3) is 10.9 Å². The van der Waals surface area contributed by atoms with E-state index < -0.39 is 0 Å². The Kier molecular flexibility index (Phi) is 7.78. The summed E-state index contributed by atoms with van der Waals surface area (Å²) in [6, 6.07) is 3.98. The second kappa shape index (κ2) is 10.3. The summed E-state index contributed by atoms with van der Waals surface area (Å²) in [4.78, 5) is 24.8. The number of hydrogen-bond acceptors (Lipinski definition) is 6. The van der Waals surface area contributed by atoms with Crippen molar-refractivity contribution in [2.75, 3.05) is 40.5 Å². The molecule has 0 bridgehead atoms. The highest BCUT2D eigenvalue weighted by Crippen LogP contribution is 2.36. The fraction of sp³-hybridized carbons (Fsp3) is 0.591. The van der Waals surface area contributed by atoms with Crippen molar-refractivity contribution >= 4 is 28.5 Å². The number of amides is 2. The van der Waals surface area contributed by atoms with Gasteiger partial charge in [-0.05, 0) is 31.7 Å². The van der Waals surface area contributed by atoms with Crippen LogP contribution in [-0.4, -0.2) is 78.4 Å². The summed E-state index contributed by atoms with van der Waals surface area (Å²) < 4.78 is 17.1. The molecule has 2 aromatic rings. The molecule has 4 rings (SSSR count). The molecule has 1 saturated carbocycles. The van der Waals surface area contributed by atoms with Crippen LogP contribution in [0.5, 0.6) is 11.5 Å². The Morgan fingerprint density at radius 1 is 1.16 bits per heavy atom. The number of methoxy groups -OCH3 is 1. The number of morpholine rings is 1. The summed E-state index contributed by atoms with van der Waals surface area (Å²) in [5.41, 5.74) is 0.714. The summed E-state index contributed by atoms with van der Waals surface area (Å²) in [7, 11) is 3.51. The summed E-state index contributed by atoms with van der Waals surface area (Å²) in [6.45, 7) is 2.55. The fourth-order valence-corrected chi connectivity index (χ4v) is 4.34. The lowest BCUT2D eigenvalue weighted by Crippen LogP contribution is -2.51. The fourth-order valence-electron chi connectivity index (χ4n) is 4.15. The first-order valence-electron chi connectivity index (χ1n) is 10.3. The van der Waals surface area contributed by atoms with E-state index in [1.165, 1.54) is 6.33 Å².